The number of benzene rings is 2. The number of hydrogen-bond donors (Lipinski definition) is 2. The average molecular weight is 294 g/mol. The molecule has 0 fully saturated rings. The smallest absolute Gasteiger partial charge is 0.0347 e. The van der Waals surface area contributed by atoms with Crippen LogP contribution in [0.2, 0.25) is 0 Å². The zero-order chi connectivity index (χ0) is 16.3. The molecule has 0 aromatic heterocycles. The summed E-state index contributed by atoms with van der Waals surface area (Å²) in [6.07, 6.45) is 1.07. The molecule has 0 heterocycles. The molecule has 0 saturated heterocycles. The quantitative estimate of drug-likeness (QED) is 0.763. The van der Waals surface area contributed by atoms with Gasteiger partial charge in [-0.15, -0.1) is 0 Å². The lowest BCUT2D eigenvalue weighted by Gasteiger charge is -2.30. The summed E-state index contributed by atoms with van der Waals surface area (Å²) in [5, 5.41) is 0. The summed E-state index contributed by atoms with van der Waals surface area (Å²) in [6, 6.07) is 10.7. The van der Waals surface area contributed by atoms with Crippen molar-refractivity contribution in [1.82, 2.24) is 0 Å². The van der Waals surface area contributed by atoms with Crippen LogP contribution in [0.3, 0.4) is 0 Å². The number of anilines is 2. The highest BCUT2D eigenvalue weighted by atomic mass is 14.6. The first-order chi connectivity index (χ1) is 10.1. The second-order valence-corrected chi connectivity index (χ2v) is 7.72. The minimum atomic E-state index is -0.0154. The lowest BCUT2D eigenvalue weighted by atomic mass is 9.73. The molecular formula is C20H26N2. The molecule has 116 valence electrons. The van der Waals surface area contributed by atoms with Gasteiger partial charge in [0.2, 0.25) is 0 Å². The molecule has 0 spiro atoms. The maximum Gasteiger partial charge on any atom is 0.0347 e. The Morgan fingerprint density at radius 3 is 2.18 bits per heavy atom. The first-order valence-corrected chi connectivity index (χ1v) is 7.93. The largest absolute Gasteiger partial charge is 0.399 e. The highest BCUT2D eigenvalue weighted by molar-refractivity contribution is 5.61. The Bertz CT molecular complexity index is 759. The third-order valence-corrected chi connectivity index (χ3v) is 5.37. The molecule has 2 heteroatoms. The highest BCUT2D eigenvalue weighted by Crippen LogP contribution is 2.54. The standard InChI is InChI=1S/C20H26N2/c1-12-8-13(2)18(22)10-16(12)20(5)11-19(3,4)17-9-14(21)6-7-15(17)20/h6-10H,11,21-22H2,1-5H3. The van der Waals surface area contributed by atoms with Crippen molar-refractivity contribution in [3.05, 3.63) is 58.1 Å². The lowest BCUT2D eigenvalue weighted by molar-refractivity contribution is 0.424. The fourth-order valence-electron chi connectivity index (χ4n) is 4.38. The fraction of sp³-hybridized carbons (Fsp3) is 0.400. The van der Waals surface area contributed by atoms with Gasteiger partial charge >= 0.3 is 0 Å². The van der Waals surface area contributed by atoms with Crippen molar-refractivity contribution in [1.29, 1.82) is 0 Å². The van der Waals surface area contributed by atoms with Crippen molar-refractivity contribution in [2.75, 3.05) is 11.5 Å². The molecule has 2 aromatic carbocycles. The first kappa shape index (κ1) is 15.0. The second kappa shape index (κ2) is 4.52. The molecule has 0 amide bonds. The summed E-state index contributed by atoms with van der Waals surface area (Å²) >= 11 is 0. The van der Waals surface area contributed by atoms with Crippen LogP contribution in [-0.4, -0.2) is 0 Å². The zero-order valence-electron chi connectivity index (χ0n) is 14.2. The molecule has 3 rings (SSSR count). The second-order valence-electron chi connectivity index (χ2n) is 7.72. The van der Waals surface area contributed by atoms with Crippen LogP contribution in [0, 0.1) is 13.8 Å². The van der Waals surface area contributed by atoms with E-state index in [0.29, 0.717) is 0 Å². The summed E-state index contributed by atoms with van der Waals surface area (Å²) in [5.74, 6) is 0. The van der Waals surface area contributed by atoms with Gasteiger partial charge in [0.25, 0.3) is 0 Å². The van der Waals surface area contributed by atoms with Gasteiger partial charge in [0.05, 0.1) is 0 Å². The molecule has 22 heavy (non-hydrogen) atoms. The maximum atomic E-state index is 6.21. The molecule has 1 aliphatic carbocycles. The van der Waals surface area contributed by atoms with Crippen LogP contribution in [0.5, 0.6) is 0 Å². The SMILES string of the molecule is Cc1cc(C)c(C2(C)CC(C)(C)c3cc(N)ccc32)cc1N. The summed E-state index contributed by atoms with van der Waals surface area (Å²) in [5.41, 5.74) is 20.6. The zero-order valence-corrected chi connectivity index (χ0v) is 14.2. The van der Waals surface area contributed by atoms with E-state index in [4.69, 9.17) is 11.5 Å². The number of hydrogen-bond acceptors (Lipinski definition) is 2. The van der Waals surface area contributed by atoms with Crippen LogP contribution in [0.25, 0.3) is 0 Å². The third-order valence-electron chi connectivity index (χ3n) is 5.37. The van der Waals surface area contributed by atoms with Crippen LogP contribution < -0.4 is 11.5 Å². The van der Waals surface area contributed by atoms with Crippen molar-refractivity contribution >= 4 is 11.4 Å². The van der Waals surface area contributed by atoms with E-state index in [1.165, 1.54) is 22.3 Å². The predicted octanol–water partition coefficient (Wildman–Crippen LogP) is 4.46. The Morgan fingerprint density at radius 2 is 1.50 bits per heavy atom. The lowest BCUT2D eigenvalue weighted by Crippen LogP contribution is -2.24. The molecular weight excluding hydrogens is 268 g/mol. The van der Waals surface area contributed by atoms with Crippen LogP contribution in [0.15, 0.2) is 30.3 Å². The molecule has 1 aliphatic rings. The fourth-order valence-corrected chi connectivity index (χ4v) is 4.38. The molecule has 0 bridgehead atoms. The monoisotopic (exact) mass is 294 g/mol. The van der Waals surface area contributed by atoms with Gasteiger partial charge in [0.1, 0.15) is 0 Å². The van der Waals surface area contributed by atoms with Gasteiger partial charge in [-0.3, -0.25) is 0 Å². The van der Waals surface area contributed by atoms with Gasteiger partial charge in [0.15, 0.2) is 0 Å². The topological polar surface area (TPSA) is 52.0 Å². The van der Waals surface area contributed by atoms with E-state index in [2.05, 4.69) is 58.9 Å². The number of nitrogen functional groups attached to an aromatic ring is 2. The molecule has 0 radical (unpaired) electrons. The van der Waals surface area contributed by atoms with Crippen LogP contribution >= 0.6 is 0 Å². The molecule has 1 atom stereocenters. The van der Waals surface area contributed by atoms with Gasteiger partial charge in [-0.1, -0.05) is 32.9 Å². The highest BCUT2D eigenvalue weighted by Gasteiger charge is 2.46. The Balaban J connectivity index is 2.27. The molecule has 2 nitrogen and oxygen atoms in total. The average Bonchev–Trinajstić information content (AvgIpc) is 2.61. The first-order valence-electron chi connectivity index (χ1n) is 7.93. The summed E-state index contributed by atoms with van der Waals surface area (Å²) < 4.78 is 0. The van der Waals surface area contributed by atoms with Crippen LogP contribution in [0.1, 0.15) is 55.0 Å². The summed E-state index contributed by atoms with van der Waals surface area (Å²) in [6.45, 7) is 11.2. The number of rotatable bonds is 1. The summed E-state index contributed by atoms with van der Waals surface area (Å²) in [7, 11) is 0. The molecule has 1 unspecified atom stereocenters. The van der Waals surface area contributed by atoms with E-state index in [9.17, 15) is 0 Å². The van der Waals surface area contributed by atoms with Crippen LogP contribution in [0.4, 0.5) is 11.4 Å². The molecule has 0 aliphatic heterocycles. The van der Waals surface area contributed by atoms with E-state index >= 15 is 0 Å². The van der Waals surface area contributed by atoms with Crippen molar-refractivity contribution < 1.29 is 0 Å². The van der Waals surface area contributed by atoms with E-state index in [0.717, 1.165) is 23.4 Å². The van der Waals surface area contributed by atoms with Gasteiger partial charge in [-0.05, 0) is 71.7 Å². The van der Waals surface area contributed by atoms with Crippen molar-refractivity contribution in [2.45, 2.75) is 51.9 Å². The molecule has 2 aromatic rings. The van der Waals surface area contributed by atoms with Crippen LogP contribution in [-0.2, 0) is 10.8 Å². The molecule has 0 saturated carbocycles. The minimum Gasteiger partial charge on any atom is -0.399 e. The van der Waals surface area contributed by atoms with Crippen molar-refractivity contribution in [3.63, 3.8) is 0 Å². The van der Waals surface area contributed by atoms with E-state index < -0.39 is 0 Å². The van der Waals surface area contributed by atoms with Crippen molar-refractivity contribution in [2.24, 2.45) is 0 Å². The van der Waals surface area contributed by atoms with Gasteiger partial charge < -0.3 is 11.5 Å². The maximum absolute atomic E-state index is 6.21. The molecule has 4 N–H and O–H groups in total. The number of fused-ring (bicyclic) bond motifs is 1. The van der Waals surface area contributed by atoms with Gasteiger partial charge in [-0.2, -0.15) is 0 Å². The summed E-state index contributed by atoms with van der Waals surface area (Å²) in [4.78, 5) is 0. The van der Waals surface area contributed by atoms with E-state index in [-0.39, 0.29) is 10.8 Å². The Hall–Kier alpha value is -1.96. The van der Waals surface area contributed by atoms with E-state index in [1.807, 2.05) is 6.07 Å². The van der Waals surface area contributed by atoms with Crippen molar-refractivity contribution in [3.8, 4) is 0 Å². The minimum absolute atomic E-state index is 0.0154. The van der Waals surface area contributed by atoms with E-state index in [1.54, 1.807) is 0 Å². The van der Waals surface area contributed by atoms with Gasteiger partial charge in [0, 0.05) is 16.8 Å². The predicted molar refractivity (Wildman–Crippen MR) is 95.3 cm³/mol. The van der Waals surface area contributed by atoms with Gasteiger partial charge in [-0.25, -0.2) is 0 Å². The third kappa shape index (κ3) is 2.01. The number of aryl methyl sites for hydroxylation is 2. The normalized spacial score (nSPS) is 22.6. The Labute approximate surface area is 133 Å². The Kier molecular flexibility index (Phi) is 3.07. The number of nitrogens with two attached hydrogens (primary N) is 2. The Morgan fingerprint density at radius 1 is 0.818 bits per heavy atom.